The van der Waals surface area contributed by atoms with E-state index >= 15 is 0 Å². The summed E-state index contributed by atoms with van der Waals surface area (Å²) in [6.07, 6.45) is 6.51. The van der Waals surface area contributed by atoms with Gasteiger partial charge in [0.25, 0.3) is 0 Å². The third-order valence-corrected chi connectivity index (χ3v) is 6.73. The van der Waals surface area contributed by atoms with Crippen molar-refractivity contribution in [3.05, 3.63) is 71.6 Å². The standard InChI is InChI=1S/C23H19N7S/c1-15-19(13-28-30(15)18-7-8-26-12-18)16-9-22(23-17(10-24)11-27-29(23)14-16)31-21-6-4-3-5-20(21)25-2/h3-6,9,11,13-14,18,26H,7-8,12H2,1H3/t18-/m0/s1. The molecule has 8 heteroatoms. The molecule has 7 nitrogen and oxygen atoms in total. The van der Waals surface area contributed by atoms with E-state index in [1.54, 1.807) is 10.7 Å². The molecule has 5 rings (SSSR count). The number of hydrogen-bond acceptors (Lipinski definition) is 5. The molecule has 1 aliphatic rings. The largest absolute Gasteiger partial charge is 0.315 e. The molecule has 0 radical (unpaired) electrons. The lowest BCUT2D eigenvalue weighted by atomic mass is 10.1. The number of benzene rings is 1. The molecule has 0 bridgehead atoms. The zero-order valence-corrected chi connectivity index (χ0v) is 17.7. The Morgan fingerprint density at radius 2 is 2.13 bits per heavy atom. The Labute approximate surface area is 184 Å². The van der Waals surface area contributed by atoms with E-state index in [0.29, 0.717) is 17.3 Å². The molecule has 1 N–H and O–H groups in total. The van der Waals surface area contributed by atoms with Gasteiger partial charge in [-0.05, 0) is 26.0 Å². The monoisotopic (exact) mass is 425 g/mol. The molecular formula is C23H19N7S. The number of hydrogen-bond donors (Lipinski definition) is 1. The van der Waals surface area contributed by atoms with Crippen molar-refractivity contribution in [1.82, 2.24) is 24.7 Å². The van der Waals surface area contributed by atoms with Crippen molar-refractivity contribution in [3.63, 3.8) is 0 Å². The van der Waals surface area contributed by atoms with E-state index in [-0.39, 0.29) is 0 Å². The third kappa shape index (κ3) is 3.36. The lowest BCUT2D eigenvalue weighted by Gasteiger charge is -2.13. The van der Waals surface area contributed by atoms with E-state index in [1.807, 2.05) is 36.7 Å². The predicted molar refractivity (Wildman–Crippen MR) is 119 cm³/mol. The fraction of sp³-hybridized carbons (Fsp3) is 0.217. The van der Waals surface area contributed by atoms with Crippen LogP contribution in [0, 0.1) is 24.8 Å². The van der Waals surface area contributed by atoms with E-state index in [9.17, 15) is 5.26 Å². The summed E-state index contributed by atoms with van der Waals surface area (Å²) < 4.78 is 3.86. The third-order valence-electron chi connectivity index (χ3n) is 5.64. The fourth-order valence-electron chi connectivity index (χ4n) is 4.07. The molecule has 0 saturated carbocycles. The van der Waals surface area contributed by atoms with Gasteiger partial charge in [-0.15, -0.1) is 0 Å². The molecule has 1 saturated heterocycles. The van der Waals surface area contributed by atoms with Gasteiger partial charge in [0.15, 0.2) is 0 Å². The average molecular weight is 426 g/mol. The summed E-state index contributed by atoms with van der Waals surface area (Å²) in [7, 11) is 0. The first-order valence-corrected chi connectivity index (χ1v) is 10.8. The number of fused-ring (bicyclic) bond motifs is 1. The molecule has 0 unspecified atom stereocenters. The Hall–Kier alpha value is -3.59. The lowest BCUT2D eigenvalue weighted by molar-refractivity contribution is 0.480. The molecule has 4 heterocycles. The van der Waals surface area contributed by atoms with Crippen LogP contribution < -0.4 is 5.32 Å². The van der Waals surface area contributed by atoms with E-state index in [4.69, 9.17) is 6.57 Å². The van der Waals surface area contributed by atoms with Crippen LogP contribution in [0.5, 0.6) is 0 Å². The Balaban J connectivity index is 1.65. The first kappa shape index (κ1) is 19.4. The first-order chi connectivity index (χ1) is 15.2. The quantitative estimate of drug-likeness (QED) is 0.483. The summed E-state index contributed by atoms with van der Waals surface area (Å²) in [5, 5.41) is 22.1. The molecule has 1 atom stereocenters. The Morgan fingerprint density at radius 3 is 2.90 bits per heavy atom. The zero-order chi connectivity index (χ0) is 21.4. The minimum absolute atomic E-state index is 0.367. The van der Waals surface area contributed by atoms with Crippen molar-refractivity contribution in [3.8, 4) is 17.2 Å². The predicted octanol–water partition coefficient (Wildman–Crippen LogP) is 4.61. The Morgan fingerprint density at radius 1 is 1.26 bits per heavy atom. The highest BCUT2D eigenvalue weighted by Crippen LogP contribution is 2.40. The number of nitrogens with zero attached hydrogens (tertiary/aromatic N) is 6. The number of pyridine rings is 1. The van der Waals surface area contributed by atoms with Gasteiger partial charge >= 0.3 is 0 Å². The van der Waals surface area contributed by atoms with Crippen LogP contribution in [0.25, 0.3) is 21.5 Å². The molecule has 0 aliphatic carbocycles. The van der Waals surface area contributed by atoms with Crippen molar-refractivity contribution >= 4 is 23.0 Å². The van der Waals surface area contributed by atoms with Crippen LogP contribution in [0.4, 0.5) is 5.69 Å². The van der Waals surface area contributed by atoms with Gasteiger partial charge < -0.3 is 5.32 Å². The average Bonchev–Trinajstić information content (AvgIpc) is 3.53. The van der Waals surface area contributed by atoms with Crippen LogP contribution in [-0.2, 0) is 0 Å². The van der Waals surface area contributed by atoms with Crippen LogP contribution in [0.2, 0.25) is 0 Å². The first-order valence-electron chi connectivity index (χ1n) is 10.0. The van der Waals surface area contributed by atoms with Crippen molar-refractivity contribution < 1.29 is 0 Å². The summed E-state index contributed by atoms with van der Waals surface area (Å²) in [6, 6.07) is 12.2. The molecule has 152 valence electrons. The topological polar surface area (TPSA) is 75.3 Å². The van der Waals surface area contributed by atoms with Crippen molar-refractivity contribution in [2.24, 2.45) is 0 Å². The van der Waals surface area contributed by atoms with Crippen LogP contribution in [0.15, 0.2) is 58.7 Å². The van der Waals surface area contributed by atoms with E-state index < -0.39 is 0 Å². The second-order valence-electron chi connectivity index (χ2n) is 7.47. The van der Waals surface area contributed by atoms with Gasteiger partial charge in [0.05, 0.1) is 36.1 Å². The van der Waals surface area contributed by atoms with Gasteiger partial charge in [0.1, 0.15) is 6.07 Å². The highest BCUT2D eigenvalue weighted by molar-refractivity contribution is 7.99. The maximum Gasteiger partial charge on any atom is 0.200 e. The molecule has 1 aliphatic heterocycles. The summed E-state index contributed by atoms with van der Waals surface area (Å²) >= 11 is 1.49. The summed E-state index contributed by atoms with van der Waals surface area (Å²) in [4.78, 5) is 5.38. The molecule has 0 amide bonds. The van der Waals surface area contributed by atoms with Gasteiger partial charge in [-0.2, -0.15) is 15.5 Å². The van der Waals surface area contributed by atoms with E-state index in [0.717, 1.165) is 51.6 Å². The Bertz CT molecular complexity index is 1360. The van der Waals surface area contributed by atoms with Gasteiger partial charge in [-0.1, -0.05) is 36.0 Å². The smallest absolute Gasteiger partial charge is 0.200 e. The molecule has 3 aromatic heterocycles. The summed E-state index contributed by atoms with van der Waals surface area (Å²) in [5.74, 6) is 0. The van der Waals surface area contributed by atoms with Gasteiger partial charge in [-0.3, -0.25) is 4.68 Å². The molecule has 31 heavy (non-hydrogen) atoms. The maximum atomic E-state index is 9.59. The molecule has 0 spiro atoms. The fourth-order valence-corrected chi connectivity index (χ4v) is 5.16. The van der Waals surface area contributed by atoms with Crippen LogP contribution >= 0.6 is 11.8 Å². The highest BCUT2D eigenvalue weighted by atomic mass is 32.2. The van der Waals surface area contributed by atoms with Crippen LogP contribution in [0.3, 0.4) is 0 Å². The number of para-hydroxylation sites is 1. The SMILES string of the molecule is [C-]#[N+]c1ccccc1Sc1cc(-c2cnn([C@H]3CCNC3)c2C)cn2ncc(C#N)c12. The van der Waals surface area contributed by atoms with Crippen LogP contribution in [0.1, 0.15) is 23.7 Å². The zero-order valence-electron chi connectivity index (χ0n) is 16.9. The number of aromatic nitrogens is 4. The van der Waals surface area contributed by atoms with Crippen molar-refractivity contribution in [2.45, 2.75) is 29.2 Å². The van der Waals surface area contributed by atoms with Gasteiger partial charge in [-0.25, -0.2) is 9.36 Å². The lowest BCUT2D eigenvalue weighted by Crippen LogP contribution is -2.15. The number of rotatable bonds is 4. The normalized spacial score (nSPS) is 15.8. The maximum absolute atomic E-state index is 9.59. The van der Waals surface area contributed by atoms with Gasteiger partial charge in [0, 0.05) is 39.4 Å². The second-order valence-corrected chi connectivity index (χ2v) is 8.56. The molecular weight excluding hydrogens is 406 g/mol. The van der Waals surface area contributed by atoms with E-state index in [2.05, 4.69) is 44.1 Å². The van der Waals surface area contributed by atoms with Crippen LogP contribution in [-0.4, -0.2) is 32.5 Å². The minimum Gasteiger partial charge on any atom is -0.315 e. The second kappa shape index (κ2) is 7.92. The van der Waals surface area contributed by atoms with Crippen molar-refractivity contribution in [2.75, 3.05) is 13.1 Å². The van der Waals surface area contributed by atoms with E-state index in [1.165, 1.54) is 11.8 Å². The molecule has 1 aromatic carbocycles. The minimum atomic E-state index is 0.367. The Kier molecular flexibility index (Phi) is 4.95. The number of nitriles is 1. The van der Waals surface area contributed by atoms with Crippen molar-refractivity contribution in [1.29, 1.82) is 5.26 Å². The molecule has 4 aromatic rings. The number of nitrogens with one attached hydrogen (secondary N) is 1. The summed E-state index contributed by atoms with van der Waals surface area (Å²) in [6.45, 7) is 11.5. The molecule has 1 fully saturated rings. The van der Waals surface area contributed by atoms with Gasteiger partial charge in [0.2, 0.25) is 5.69 Å². The highest BCUT2D eigenvalue weighted by Gasteiger charge is 2.22. The summed E-state index contributed by atoms with van der Waals surface area (Å²) in [5.41, 5.74) is 4.99.